The van der Waals surface area contributed by atoms with Crippen LogP contribution in [-0.2, 0) is 9.53 Å². The van der Waals surface area contributed by atoms with E-state index < -0.39 is 12.1 Å². The lowest BCUT2D eigenvalue weighted by Gasteiger charge is -2.21. The molecule has 0 aliphatic heterocycles. The minimum absolute atomic E-state index is 0.0310. The van der Waals surface area contributed by atoms with Gasteiger partial charge in [0.1, 0.15) is 12.6 Å². The first kappa shape index (κ1) is 17.4. The fourth-order valence-corrected chi connectivity index (χ4v) is 1.31. The molecule has 0 bridgehead atoms. The van der Waals surface area contributed by atoms with E-state index in [9.17, 15) is 14.7 Å². The predicted octanol–water partition coefficient (Wildman–Crippen LogP) is 1.39. The van der Waals surface area contributed by atoms with Crippen LogP contribution in [0.5, 0.6) is 0 Å². The third kappa shape index (κ3) is 7.00. The summed E-state index contributed by atoms with van der Waals surface area (Å²) in [6.45, 7) is 3.43. The van der Waals surface area contributed by atoms with Crippen LogP contribution in [0.4, 0.5) is 4.79 Å². The number of carbonyl (C=O) groups is 2. The number of likely N-dealkylation sites (N-methyl/N-ethyl adjacent to an activating group) is 1. The Hall–Kier alpha value is -2.56. The van der Waals surface area contributed by atoms with Gasteiger partial charge in [0.2, 0.25) is 11.3 Å². The number of nitrogens with zero attached hydrogens (tertiary/aromatic N) is 3. The van der Waals surface area contributed by atoms with Crippen LogP contribution >= 0.6 is 0 Å². The second-order valence-electron chi connectivity index (χ2n) is 4.09. The average molecular weight is 283 g/mol. The number of alkyl carbamates (subject to hydrolysis) is 1. The molecule has 0 saturated carbocycles. The highest BCUT2D eigenvalue weighted by molar-refractivity contribution is 5.85. The SMILES string of the molecule is C=CCOC(=O)N[C@@H](CC/C(O)=C/[N+]#N)C(=O)N(C)C. The number of nitrogens with one attached hydrogen (secondary N) is 1. The Labute approximate surface area is 117 Å². The summed E-state index contributed by atoms with van der Waals surface area (Å²) in [6, 6.07) is -0.850. The van der Waals surface area contributed by atoms with Gasteiger partial charge in [0.05, 0.1) is 0 Å². The Bertz CT molecular complexity index is 426. The second-order valence-corrected chi connectivity index (χ2v) is 4.09. The third-order valence-corrected chi connectivity index (χ3v) is 2.26. The van der Waals surface area contributed by atoms with Gasteiger partial charge in [-0.2, -0.15) is 0 Å². The lowest BCUT2D eigenvalue weighted by molar-refractivity contribution is -0.131. The van der Waals surface area contributed by atoms with Crippen molar-refractivity contribution in [2.75, 3.05) is 20.7 Å². The lowest BCUT2D eigenvalue weighted by atomic mass is 10.1. The Kier molecular flexibility index (Phi) is 8.18. The number of diazo groups is 1. The van der Waals surface area contributed by atoms with Crippen LogP contribution in [0.2, 0.25) is 0 Å². The molecule has 2 N–H and O–H groups in total. The van der Waals surface area contributed by atoms with Crippen LogP contribution in [0.3, 0.4) is 0 Å². The highest BCUT2D eigenvalue weighted by Crippen LogP contribution is 2.07. The molecule has 0 rings (SSSR count). The quantitative estimate of drug-likeness (QED) is 0.417. The van der Waals surface area contributed by atoms with Gasteiger partial charge in [-0.3, -0.25) is 4.79 Å². The van der Waals surface area contributed by atoms with Crippen LogP contribution in [0.1, 0.15) is 12.8 Å². The molecule has 0 saturated heterocycles. The van der Waals surface area contributed by atoms with Gasteiger partial charge in [-0.1, -0.05) is 12.7 Å². The summed E-state index contributed by atoms with van der Waals surface area (Å²) in [5.41, 5.74) is 0. The number of aliphatic hydroxyl groups excluding tert-OH is 1. The van der Waals surface area contributed by atoms with E-state index in [0.717, 1.165) is 6.20 Å². The van der Waals surface area contributed by atoms with E-state index >= 15 is 0 Å². The van der Waals surface area contributed by atoms with Crippen LogP contribution < -0.4 is 5.32 Å². The number of hydrogen-bond acceptors (Lipinski definition) is 5. The highest BCUT2D eigenvalue weighted by Gasteiger charge is 2.23. The van der Waals surface area contributed by atoms with Gasteiger partial charge >= 0.3 is 12.3 Å². The molecule has 8 heteroatoms. The molecule has 20 heavy (non-hydrogen) atoms. The van der Waals surface area contributed by atoms with Crippen molar-refractivity contribution in [2.24, 2.45) is 0 Å². The van der Waals surface area contributed by atoms with Gasteiger partial charge in [-0.25, -0.2) is 4.79 Å². The van der Waals surface area contributed by atoms with E-state index in [-0.39, 0.29) is 31.1 Å². The van der Waals surface area contributed by atoms with E-state index in [1.165, 1.54) is 11.0 Å². The standard InChI is InChI=1S/C12H18N4O4/c1-4-7-20-12(19)15-10(11(18)16(2)3)6-5-9(17)8-14-13/h4,8,10H,1,5-7H2,2-3H3,(H-,15,17,19)/p+1/b9-8-/t10-/m0/s1. The molecule has 110 valence electrons. The normalized spacial score (nSPS) is 11.9. The highest BCUT2D eigenvalue weighted by atomic mass is 16.5. The van der Waals surface area contributed by atoms with Crippen molar-refractivity contribution in [2.45, 2.75) is 18.9 Å². The minimum Gasteiger partial charge on any atom is -0.505 e. The van der Waals surface area contributed by atoms with Crippen LogP contribution in [0, 0.1) is 5.39 Å². The van der Waals surface area contributed by atoms with E-state index in [2.05, 4.69) is 16.9 Å². The first-order valence-corrected chi connectivity index (χ1v) is 5.90. The van der Waals surface area contributed by atoms with Gasteiger partial charge in [0, 0.05) is 20.5 Å². The molecular weight excluding hydrogens is 264 g/mol. The second kappa shape index (κ2) is 9.38. The number of rotatable bonds is 7. The zero-order valence-electron chi connectivity index (χ0n) is 11.6. The molecule has 0 aromatic carbocycles. The fraction of sp³-hybridized carbons (Fsp3) is 0.500. The molecule has 0 aliphatic rings. The van der Waals surface area contributed by atoms with Gasteiger partial charge in [0.15, 0.2) is 10.7 Å². The molecule has 0 radical (unpaired) electrons. The topological polar surface area (TPSA) is 107 Å². The zero-order valence-corrected chi connectivity index (χ0v) is 11.6. The number of carbonyl (C=O) groups excluding carboxylic acids is 2. The Morgan fingerprint density at radius 2 is 2.20 bits per heavy atom. The van der Waals surface area contributed by atoms with Gasteiger partial charge < -0.3 is 20.1 Å². The molecule has 0 fully saturated rings. The molecule has 1 atom stereocenters. The summed E-state index contributed by atoms with van der Waals surface area (Å²) in [4.78, 5) is 27.3. The summed E-state index contributed by atoms with van der Waals surface area (Å²) in [6.07, 6.45) is 1.71. The third-order valence-electron chi connectivity index (χ3n) is 2.26. The lowest BCUT2D eigenvalue weighted by Crippen LogP contribution is -2.46. The summed E-state index contributed by atoms with van der Waals surface area (Å²) < 4.78 is 4.73. The van der Waals surface area contributed by atoms with Crippen molar-refractivity contribution in [3.8, 4) is 0 Å². The molecule has 2 amide bonds. The van der Waals surface area contributed by atoms with E-state index in [1.807, 2.05) is 0 Å². The summed E-state index contributed by atoms with van der Waals surface area (Å²) in [7, 11) is 3.09. The number of hydrogen-bond donors (Lipinski definition) is 2. The van der Waals surface area contributed by atoms with Crippen molar-refractivity contribution in [1.82, 2.24) is 10.2 Å². The maximum absolute atomic E-state index is 11.9. The van der Waals surface area contributed by atoms with Gasteiger partial charge in [0.25, 0.3) is 0 Å². The monoisotopic (exact) mass is 283 g/mol. The minimum atomic E-state index is -0.850. The maximum atomic E-state index is 11.9. The van der Waals surface area contributed by atoms with Crippen molar-refractivity contribution >= 4 is 12.0 Å². The molecule has 0 heterocycles. The van der Waals surface area contributed by atoms with Crippen molar-refractivity contribution < 1.29 is 19.4 Å². The summed E-state index contributed by atoms with van der Waals surface area (Å²) in [5.74, 6) is -0.542. The van der Waals surface area contributed by atoms with Crippen molar-refractivity contribution in [3.63, 3.8) is 0 Å². The number of ether oxygens (including phenoxy) is 1. The van der Waals surface area contributed by atoms with Crippen molar-refractivity contribution in [1.29, 1.82) is 5.39 Å². The predicted molar refractivity (Wildman–Crippen MR) is 72.2 cm³/mol. The zero-order chi connectivity index (χ0) is 15.5. The number of amides is 2. The first-order chi connectivity index (χ1) is 9.42. The van der Waals surface area contributed by atoms with E-state index in [0.29, 0.717) is 0 Å². The Balaban J connectivity index is 4.62. The number of allylic oxidation sites excluding steroid dienone is 1. The molecule has 8 nitrogen and oxygen atoms in total. The molecule has 0 aliphatic carbocycles. The summed E-state index contributed by atoms with van der Waals surface area (Å²) in [5, 5.41) is 20.0. The van der Waals surface area contributed by atoms with Gasteiger partial charge in [-0.15, -0.1) is 0 Å². The molecule has 0 aromatic heterocycles. The van der Waals surface area contributed by atoms with Crippen LogP contribution in [0.25, 0.3) is 4.98 Å². The van der Waals surface area contributed by atoms with Crippen LogP contribution in [-0.4, -0.2) is 48.8 Å². The average Bonchev–Trinajstić information content (AvgIpc) is 2.40. The van der Waals surface area contributed by atoms with E-state index in [1.54, 1.807) is 14.1 Å². The Morgan fingerprint density at radius 1 is 1.55 bits per heavy atom. The van der Waals surface area contributed by atoms with E-state index in [4.69, 9.17) is 10.1 Å². The fourth-order valence-electron chi connectivity index (χ4n) is 1.31. The molecule has 0 spiro atoms. The smallest absolute Gasteiger partial charge is 0.408 e. The van der Waals surface area contributed by atoms with Crippen molar-refractivity contribution in [3.05, 3.63) is 29.6 Å². The maximum Gasteiger partial charge on any atom is 0.408 e. The largest absolute Gasteiger partial charge is 0.505 e. The summed E-state index contributed by atoms with van der Waals surface area (Å²) >= 11 is 0. The van der Waals surface area contributed by atoms with Crippen LogP contribution in [0.15, 0.2) is 24.6 Å². The molecule has 0 aromatic rings. The Morgan fingerprint density at radius 3 is 2.70 bits per heavy atom. The number of aliphatic hydroxyl groups is 1. The molecular formula is C12H19N4O4+. The van der Waals surface area contributed by atoms with Gasteiger partial charge in [-0.05, 0) is 6.42 Å². The molecule has 0 unspecified atom stereocenters. The first-order valence-electron chi connectivity index (χ1n) is 5.90.